The van der Waals surface area contributed by atoms with E-state index in [1.165, 1.54) is 65.4 Å². The first-order chi connectivity index (χ1) is 15.7. The molecule has 6 rings (SSSR count). The molecular weight excluding hydrogens is 402 g/mol. The maximum absolute atomic E-state index is 11.8. The number of aromatic carboxylic acids is 1. The normalized spacial score (nSPS) is 19.4. The lowest BCUT2D eigenvalue weighted by atomic mass is 9.81. The van der Waals surface area contributed by atoms with Crippen LogP contribution in [0.5, 0.6) is 0 Å². The molecule has 0 unspecified atom stereocenters. The average molecular weight is 430 g/mol. The standard InChI is InChI=1S/C25H27N5O2/c31-25(32)17-10-11-20-21(13-17)30-14-18(24-26-28-29-27-24)12-16-8-4-5-9-19(16)23(30)22(20)15-6-2-1-3-7-15/h4-5,8-13,15,24,26-29H,1-3,6-7,14H2,(H,31,32). The second-order valence-electron chi connectivity index (χ2n) is 9.00. The molecule has 0 bridgehead atoms. The van der Waals surface area contributed by atoms with Crippen molar-refractivity contribution in [3.8, 4) is 11.3 Å². The summed E-state index contributed by atoms with van der Waals surface area (Å²) in [6, 6.07) is 14.2. The molecule has 1 saturated carbocycles. The van der Waals surface area contributed by atoms with E-state index in [2.05, 4.69) is 56.8 Å². The van der Waals surface area contributed by atoms with Crippen LogP contribution in [0.25, 0.3) is 28.2 Å². The lowest BCUT2D eigenvalue weighted by Gasteiger charge is -2.24. The van der Waals surface area contributed by atoms with Crippen LogP contribution in [0.3, 0.4) is 0 Å². The zero-order valence-corrected chi connectivity index (χ0v) is 17.8. The maximum atomic E-state index is 11.8. The predicted octanol–water partition coefficient (Wildman–Crippen LogP) is 3.89. The minimum atomic E-state index is -0.890. The largest absolute Gasteiger partial charge is 0.478 e. The van der Waals surface area contributed by atoms with Gasteiger partial charge in [0.2, 0.25) is 0 Å². The number of aromatic nitrogens is 1. The lowest BCUT2D eigenvalue weighted by molar-refractivity contribution is 0.0697. The first-order valence-electron chi connectivity index (χ1n) is 11.4. The SMILES string of the molecule is O=C(O)c1ccc2c(C3CCCCC3)c3n(c2c1)CC(C1NNNN1)=Cc1ccccc1-3. The minimum Gasteiger partial charge on any atom is -0.478 e. The number of rotatable bonds is 3. The van der Waals surface area contributed by atoms with E-state index in [1.54, 1.807) is 6.07 Å². The van der Waals surface area contributed by atoms with E-state index in [-0.39, 0.29) is 6.17 Å². The van der Waals surface area contributed by atoms with Gasteiger partial charge >= 0.3 is 5.97 Å². The van der Waals surface area contributed by atoms with Gasteiger partial charge < -0.3 is 9.67 Å². The Labute approximate surface area is 186 Å². The maximum Gasteiger partial charge on any atom is 0.335 e. The van der Waals surface area contributed by atoms with E-state index in [9.17, 15) is 9.90 Å². The Kier molecular flexibility index (Phi) is 4.84. The highest BCUT2D eigenvalue weighted by atomic mass is 16.4. The van der Waals surface area contributed by atoms with Gasteiger partial charge in [0.05, 0.1) is 11.3 Å². The van der Waals surface area contributed by atoms with E-state index in [0.717, 1.165) is 5.52 Å². The van der Waals surface area contributed by atoms with Crippen molar-refractivity contribution in [1.82, 2.24) is 26.5 Å². The molecule has 7 nitrogen and oxygen atoms in total. The lowest BCUT2D eigenvalue weighted by Crippen LogP contribution is -2.36. The predicted molar refractivity (Wildman–Crippen MR) is 124 cm³/mol. The topological polar surface area (TPSA) is 90.3 Å². The summed E-state index contributed by atoms with van der Waals surface area (Å²) < 4.78 is 2.34. The smallest absolute Gasteiger partial charge is 0.335 e. The Bertz CT molecular complexity index is 1230. The molecule has 0 amide bonds. The Hall–Kier alpha value is -2.97. The summed E-state index contributed by atoms with van der Waals surface area (Å²) in [5, 5.41) is 10.9. The second kappa shape index (κ2) is 7.86. The van der Waals surface area contributed by atoms with Crippen LogP contribution in [0.15, 0.2) is 48.0 Å². The quantitative estimate of drug-likeness (QED) is 0.434. The van der Waals surface area contributed by atoms with Crippen LogP contribution in [0.1, 0.15) is 59.5 Å². The number of hydrogen-bond donors (Lipinski definition) is 5. The van der Waals surface area contributed by atoms with Gasteiger partial charge in [-0.3, -0.25) is 0 Å². The van der Waals surface area contributed by atoms with Crippen LogP contribution in [-0.4, -0.2) is 21.8 Å². The van der Waals surface area contributed by atoms with E-state index in [4.69, 9.17) is 0 Å². The molecule has 0 radical (unpaired) electrons. The number of nitrogens with one attached hydrogen (secondary N) is 4. The average Bonchev–Trinajstić information content (AvgIpc) is 3.42. The second-order valence-corrected chi connectivity index (χ2v) is 9.00. The van der Waals surface area contributed by atoms with Gasteiger partial charge in [0, 0.05) is 23.0 Å². The molecular formula is C25H27N5O2. The Morgan fingerprint density at radius 2 is 1.78 bits per heavy atom. The summed E-state index contributed by atoms with van der Waals surface area (Å²) in [6.07, 6.45) is 8.36. The molecule has 1 aliphatic carbocycles. The molecule has 2 fully saturated rings. The molecule has 3 heterocycles. The van der Waals surface area contributed by atoms with E-state index in [1.807, 2.05) is 12.1 Å². The summed E-state index contributed by atoms with van der Waals surface area (Å²) in [6.45, 7) is 0.671. The van der Waals surface area contributed by atoms with Gasteiger partial charge in [0.1, 0.15) is 6.17 Å². The first kappa shape index (κ1) is 19.7. The zero-order chi connectivity index (χ0) is 21.7. The number of hydrazine groups is 3. The monoisotopic (exact) mass is 429 g/mol. The van der Waals surface area contributed by atoms with Gasteiger partial charge in [0.25, 0.3) is 0 Å². The Morgan fingerprint density at radius 3 is 2.56 bits per heavy atom. The van der Waals surface area contributed by atoms with Crippen molar-refractivity contribution >= 4 is 22.9 Å². The first-order valence-corrected chi connectivity index (χ1v) is 11.4. The Balaban J connectivity index is 1.64. The van der Waals surface area contributed by atoms with Crippen LogP contribution < -0.4 is 21.9 Å². The summed E-state index contributed by atoms with van der Waals surface area (Å²) in [5.41, 5.74) is 19.8. The molecule has 32 heavy (non-hydrogen) atoms. The number of nitrogens with zero attached hydrogens (tertiary/aromatic N) is 1. The fourth-order valence-corrected chi connectivity index (χ4v) is 5.65. The van der Waals surface area contributed by atoms with Crippen molar-refractivity contribution in [3.05, 3.63) is 64.7 Å². The van der Waals surface area contributed by atoms with E-state index < -0.39 is 5.97 Å². The summed E-state index contributed by atoms with van der Waals surface area (Å²) >= 11 is 0. The fraction of sp³-hybridized carbons (Fsp3) is 0.320. The molecule has 0 spiro atoms. The number of carboxylic acids is 1. The van der Waals surface area contributed by atoms with Crippen molar-refractivity contribution in [2.24, 2.45) is 0 Å². The van der Waals surface area contributed by atoms with Crippen molar-refractivity contribution in [3.63, 3.8) is 0 Å². The molecule has 2 aliphatic heterocycles. The molecule has 0 atom stereocenters. The third-order valence-electron chi connectivity index (χ3n) is 7.13. The molecule has 7 heteroatoms. The summed E-state index contributed by atoms with van der Waals surface area (Å²) in [4.78, 5) is 11.8. The van der Waals surface area contributed by atoms with Crippen LogP contribution in [0.4, 0.5) is 0 Å². The highest BCUT2D eigenvalue weighted by molar-refractivity contribution is 5.99. The van der Waals surface area contributed by atoms with Crippen LogP contribution in [0, 0.1) is 0 Å². The summed E-state index contributed by atoms with van der Waals surface area (Å²) in [7, 11) is 0. The highest BCUT2D eigenvalue weighted by Crippen LogP contribution is 2.46. The third kappa shape index (κ3) is 3.17. The van der Waals surface area contributed by atoms with Crippen molar-refractivity contribution in [2.75, 3.05) is 0 Å². The van der Waals surface area contributed by atoms with Gasteiger partial charge in [-0.25, -0.2) is 15.6 Å². The fourth-order valence-electron chi connectivity index (χ4n) is 5.65. The van der Waals surface area contributed by atoms with Crippen molar-refractivity contribution in [1.29, 1.82) is 0 Å². The van der Waals surface area contributed by atoms with Crippen LogP contribution in [0.2, 0.25) is 0 Å². The number of carbonyl (C=O) groups is 1. The molecule has 1 saturated heterocycles. The third-order valence-corrected chi connectivity index (χ3v) is 7.13. The highest BCUT2D eigenvalue weighted by Gasteiger charge is 2.30. The van der Waals surface area contributed by atoms with E-state index in [0.29, 0.717) is 18.0 Å². The van der Waals surface area contributed by atoms with Gasteiger partial charge in [-0.1, -0.05) is 55.7 Å². The molecule has 1 aromatic heterocycles. The molecule has 3 aromatic rings. The van der Waals surface area contributed by atoms with E-state index >= 15 is 0 Å². The molecule has 5 N–H and O–H groups in total. The number of fused-ring (bicyclic) bond motifs is 5. The number of hydrogen-bond acceptors (Lipinski definition) is 5. The molecule has 3 aliphatic rings. The van der Waals surface area contributed by atoms with Crippen LogP contribution in [-0.2, 0) is 6.54 Å². The van der Waals surface area contributed by atoms with Crippen LogP contribution >= 0.6 is 0 Å². The van der Waals surface area contributed by atoms with Gasteiger partial charge in [-0.05, 0) is 47.6 Å². The van der Waals surface area contributed by atoms with Crippen molar-refractivity contribution < 1.29 is 9.90 Å². The Morgan fingerprint density at radius 1 is 1.00 bits per heavy atom. The number of benzene rings is 2. The van der Waals surface area contributed by atoms with Gasteiger partial charge in [-0.2, -0.15) is 11.1 Å². The van der Waals surface area contributed by atoms with Gasteiger partial charge in [0.15, 0.2) is 0 Å². The zero-order valence-electron chi connectivity index (χ0n) is 17.8. The van der Waals surface area contributed by atoms with Crippen molar-refractivity contribution in [2.45, 2.75) is 50.7 Å². The number of carboxylic acid groups (broad SMARTS) is 1. The summed E-state index contributed by atoms with van der Waals surface area (Å²) in [5.74, 6) is -0.391. The van der Waals surface area contributed by atoms with Gasteiger partial charge in [-0.15, -0.1) is 0 Å². The molecule has 164 valence electrons. The minimum absolute atomic E-state index is 0.0766. The molecule has 2 aromatic carbocycles.